The molecule has 2 aromatic rings. The lowest BCUT2D eigenvalue weighted by Crippen LogP contribution is -2.14. The van der Waals surface area contributed by atoms with Crippen molar-refractivity contribution in [1.82, 2.24) is 10.1 Å². The highest BCUT2D eigenvalue weighted by Gasteiger charge is 2.26. The molecular weight excluding hydrogens is 282 g/mol. The van der Waals surface area contributed by atoms with Crippen LogP contribution in [0.3, 0.4) is 0 Å². The van der Waals surface area contributed by atoms with Crippen molar-refractivity contribution in [2.75, 3.05) is 12.0 Å². The number of aryl methyl sites for hydroxylation is 1. The molecule has 4 nitrogen and oxygen atoms in total. The fourth-order valence-corrected chi connectivity index (χ4v) is 3.42. The van der Waals surface area contributed by atoms with Crippen LogP contribution in [-0.2, 0) is 6.42 Å². The van der Waals surface area contributed by atoms with Crippen LogP contribution in [0.4, 0.5) is 0 Å². The molecule has 112 valence electrons. The highest BCUT2D eigenvalue weighted by atomic mass is 32.2. The lowest BCUT2D eigenvalue weighted by molar-refractivity contribution is 0.346. The average Bonchev–Trinajstić information content (AvgIpc) is 3.02. The highest BCUT2D eigenvalue weighted by molar-refractivity contribution is 7.98. The van der Waals surface area contributed by atoms with Gasteiger partial charge in [-0.3, -0.25) is 0 Å². The third-order valence-electron chi connectivity index (χ3n) is 4.09. The first-order valence-electron chi connectivity index (χ1n) is 7.45. The normalized spacial score (nSPS) is 19.2. The lowest BCUT2D eigenvalue weighted by Gasteiger charge is -2.22. The summed E-state index contributed by atoms with van der Waals surface area (Å²) in [5.41, 5.74) is 8.86. The molecule has 1 aliphatic carbocycles. The van der Waals surface area contributed by atoms with E-state index in [-0.39, 0.29) is 12.0 Å². The van der Waals surface area contributed by atoms with Crippen molar-refractivity contribution in [3.63, 3.8) is 0 Å². The van der Waals surface area contributed by atoms with E-state index in [1.807, 2.05) is 0 Å². The molecule has 0 bridgehead atoms. The van der Waals surface area contributed by atoms with Crippen molar-refractivity contribution in [2.45, 2.75) is 37.6 Å². The van der Waals surface area contributed by atoms with Crippen molar-refractivity contribution in [3.05, 3.63) is 47.1 Å². The first kappa shape index (κ1) is 14.6. The maximum Gasteiger partial charge on any atom is 0.243 e. The van der Waals surface area contributed by atoms with Crippen LogP contribution >= 0.6 is 11.8 Å². The molecule has 0 amide bonds. The molecule has 0 fully saturated rings. The number of hydrogen-bond donors (Lipinski definition) is 1. The molecule has 2 N–H and O–H groups in total. The minimum atomic E-state index is -0.155. The monoisotopic (exact) mass is 303 g/mol. The molecule has 1 aromatic carbocycles. The third kappa shape index (κ3) is 3.14. The molecule has 1 aromatic heterocycles. The number of hydrogen-bond acceptors (Lipinski definition) is 5. The Bertz CT molecular complexity index is 599. The maximum absolute atomic E-state index is 6.11. The summed E-state index contributed by atoms with van der Waals surface area (Å²) in [5.74, 6) is 2.62. The Kier molecular flexibility index (Phi) is 4.60. The van der Waals surface area contributed by atoms with Gasteiger partial charge in [-0.25, -0.2) is 0 Å². The van der Waals surface area contributed by atoms with Crippen molar-refractivity contribution in [3.8, 4) is 0 Å². The summed E-state index contributed by atoms with van der Waals surface area (Å²) in [6, 6.07) is 8.41. The van der Waals surface area contributed by atoms with Crippen LogP contribution in [0.1, 0.15) is 54.1 Å². The fourth-order valence-electron chi connectivity index (χ4n) is 2.93. The predicted octanol–water partition coefficient (Wildman–Crippen LogP) is 3.29. The molecule has 3 rings (SSSR count). The molecule has 1 aliphatic rings. The van der Waals surface area contributed by atoms with Gasteiger partial charge in [0.05, 0.1) is 6.04 Å². The lowest BCUT2D eigenvalue weighted by atomic mass is 9.82. The first-order valence-corrected chi connectivity index (χ1v) is 8.85. The molecule has 0 saturated carbocycles. The van der Waals surface area contributed by atoms with Gasteiger partial charge in [0.1, 0.15) is 0 Å². The summed E-state index contributed by atoms with van der Waals surface area (Å²) >= 11 is 1.78. The molecule has 0 aliphatic heterocycles. The van der Waals surface area contributed by atoms with Gasteiger partial charge in [0, 0.05) is 5.92 Å². The quantitative estimate of drug-likeness (QED) is 0.918. The van der Waals surface area contributed by atoms with E-state index >= 15 is 0 Å². The van der Waals surface area contributed by atoms with E-state index in [2.05, 4.69) is 40.7 Å². The second kappa shape index (κ2) is 6.62. The van der Waals surface area contributed by atoms with E-state index < -0.39 is 0 Å². The number of rotatable bonds is 5. The van der Waals surface area contributed by atoms with Crippen LogP contribution in [0.2, 0.25) is 0 Å². The summed E-state index contributed by atoms with van der Waals surface area (Å²) < 4.78 is 5.40. The van der Waals surface area contributed by atoms with Gasteiger partial charge < -0.3 is 10.3 Å². The Labute approximate surface area is 129 Å². The van der Waals surface area contributed by atoms with E-state index in [0.717, 1.165) is 30.8 Å². The summed E-state index contributed by atoms with van der Waals surface area (Å²) in [6.07, 6.45) is 6.33. The zero-order valence-corrected chi connectivity index (χ0v) is 13.1. The van der Waals surface area contributed by atoms with Gasteiger partial charge in [-0.15, -0.1) is 0 Å². The van der Waals surface area contributed by atoms with E-state index in [4.69, 9.17) is 10.3 Å². The molecule has 2 atom stereocenters. The number of benzene rings is 1. The summed E-state index contributed by atoms with van der Waals surface area (Å²) in [4.78, 5) is 4.57. The Balaban J connectivity index is 1.81. The van der Waals surface area contributed by atoms with Gasteiger partial charge in [-0.2, -0.15) is 16.7 Å². The smallest absolute Gasteiger partial charge is 0.243 e. The van der Waals surface area contributed by atoms with Gasteiger partial charge in [-0.1, -0.05) is 29.4 Å². The predicted molar refractivity (Wildman–Crippen MR) is 85.4 cm³/mol. The van der Waals surface area contributed by atoms with Gasteiger partial charge in [0.25, 0.3) is 0 Å². The van der Waals surface area contributed by atoms with Crippen LogP contribution < -0.4 is 5.73 Å². The molecule has 0 radical (unpaired) electrons. The average molecular weight is 303 g/mol. The highest BCUT2D eigenvalue weighted by Crippen LogP contribution is 2.35. The molecule has 21 heavy (non-hydrogen) atoms. The zero-order chi connectivity index (χ0) is 14.7. The van der Waals surface area contributed by atoms with Gasteiger partial charge >= 0.3 is 0 Å². The molecule has 0 saturated heterocycles. The van der Waals surface area contributed by atoms with E-state index in [1.165, 1.54) is 17.5 Å². The van der Waals surface area contributed by atoms with Crippen LogP contribution in [-0.4, -0.2) is 22.1 Å². The Morgan fingerprint density at radius 1 is 1.43 bits per heavy atom. The molecule has 1 heterocycles. The number of nitrogens with two attached hydrogens (primary N) is 1. The van der Waals surface area contributed by atoms with Crippen LogP contribution in [0.5, 0.6) is 0 Å². The van der Waals surface area contributed by atoms with Gasteiger partial charge in [0.15, 0.2) is 5.82 Å². The maximum atomic E-state index is 6.11. The Morgan fingerprint density at radius 2 is 2.29 bits per heavy atom. The molecule has 0 spiro atoms. The first-order chi connectivity index (χ1) is 10.3. The Hall–Kier alpha value is -1.33. The third-order valence-corrected chi connectivity index (χ3v) is 4.73. The fraction of sp³-hybridized carbons (Fsp3) is 0.500. The number of aromatic nitrogens is 2. The van der Waals surface area contributed by atoms with E-state index in [9.17, 15) is 0 Å². The molecular formula is C16H21N3OS. The Morgan fingerprint density at radius 3 is 3.14 bits per heavy atom. The second-order valence-electron chi connectivity index (χ2n) is 5.52. The number of nitrogens with zero attached hydrogens (tertiary/aromatic N) is 2. The van der Waals surface area contributed by atoms with Gasteiger partial charge in [-0.05, 0) is 48.8 Å². The number of thioether (sulfide) groups is 1. The van der Waals surface area contributed by atoms with Gasteiger partial charge in [0.2, 0.25) is 5.89 Å². The summed E-state index contributed by atoms with van der Waals surface area (Å²) in [7, 11) is 0. The summed E-state index contributed by atoms with van der Waals surface area (Å²) in [6.45, 7) is 0. The summed E-state index contributed by atoms with van der Waals surface area (Å²) in [5, 5.41) is 4.19. The standard InChI is InChI=1S/C16H21N3OS/c1-21-10-9-14(17)16-18-15(19-20-16)13-8-4-6-11-5-2-3-7-12(11)13/h2-3,5,7,13-14H,4,6,8-10,17H2,1H3/t13?,14-/m0/s1. The van der Waals surface area contributed by atoms with Crippen LogP contribution in [0.15, 0.2) is 28.8 Å². The topological polar surface area (TPSA) is 64.9 Å². The van der Waals surface area contributed by atoms with Crippen LogP contribution in [0.25, 0.3) is 0 Å². The number of fused-ring (bicyclic) bond motifs is 1. The van der Waals surface area contributed by atoms with Crippen molar-refractivity contribution >= 4 is 11.8 Å². The minimum Gasteiger partial charge on any atom is -0.338 e. The molecule has 1 unspecified atom stereocenters. The van der Waals surface area contributed by atoms with Crippen molar-refractivity contribution < 1.29 is 4.52 Å². The second-order valence-corrected chi connectivity index (χ2v) is 6.51. The van der Waals surface area contributed by atoms with Crippen molar-refractivity contribution in [2.24, 2.45) is 5.73 Å². The van der Waals surface area contributed by atoms with Crippen LogP contribution in [0, 0.1) is 0 Å². The van der Waals surface area contributed by atoms with E-state index in [1.54, 1.807) is 11.8 Å². The minimum absolute atomic E-state index is 0.155. The SMILES string of the molecule is CSCC[C@H](N)c1nc(C2CCCc3ccccc32)no1. The van der Waals surface area contributed by atoms with E-state index in [0.29, 0.717) is 5.89 Å². The van der Waals surface area contributed by atoms with Crippen molar-refractivity contribution in [1.29, 1.82) is 0 Å². The zero-order valence-electron chi connectivity index (χ0n) is 12.3. The largest absolute Gasteiger partial charge is 0.338 e. The molecule has 5 heteroatoms.